The molecule has 3 N–H and O–H groups in total. The molecule has 0 aromatic heterocycles. The summed E-state index contributed by atoms with van der Waals surface area (Å²) in [5, 5.41) is 9.97. The summed E-state index contributed by atoms with van der Waals surface area (Å²) in [7, 11) is -3.17. The van der Waals surface area contributed by atoms with Gasteiger partial charge in [0.2, 0.25) is 15.9 Å². The topological polar surface area (TPSA) is 90.5 Å². The van der Waals surface area contributed by atoms with E-state index in [9.17, 15) is 13.2 Å². The predicted octanol–water partition coefficient (Wildman–Crippen LogP) is 2.20. The lowest BCUT2D eigenvalue weighted by Crippen LogP contribution is -2.45. The first-order chi connectivity index (χ1) is 15.4. The normalized spacial score (nSPS) is 34.8. The first-order valence-electron chi connectivity index (χ1n) is 12.8. The van der Waals surface area contributed by atoms with Gasteiger partial charge in [-0.25, -0.2) is 12.7 Å². The highest BCUT2D eigenvalue weighted by Gasteiger charge is 2.38. The van der Waals surface area contributed by atoms with E-state index in [0.717, 1.165) is 77.4 Å². The van der Waals surface area contributed by atoms with E-state index < -0.39 is 10.0 Å². The van der Waals surface area contributed by atoms with Gasteiger partial charge in [-0.2, -0.15) is 0 Å². The zero-order valence-electron chi connectivity index (χ0n) is 19.2. The Morgan fingerprint density at radius 1 is 1.03 bits per heavy atom. The molecule has 3 unspecified atom stereocenters. The van der Waals surface area contributed by atoms with E-state index in [2.05, 4.69) is 16.0 Å². The molecule has 3 heterocycles. The lowest BCUT2D eigenvalue weighted by molar-refractivity contribution is -0.122. The molecule has 1 amide bonds. The van der Waals surface area contributed by atoms with Gasteiger partial charge in [-0.15, -0.1) is 11.6 Å². The second-order valence-electron chi connectivity index (χ2n) is 10.4. The average molecular weight is 489 g/mol. The number of piperidine rings is 2. The summed E-state index contributed by atoms with van der Waals surface area (Å²) in [6.07, 6.45) is 10.2. The zero-order valence-corrected chi connectivity index (χ0v) is 20.8. The van der Waals surface area contributed by atoms with Crippen molar-refractivity contribution < 1.29 is 13.2 Å². The number of sulfonamides is 1. The molecule has 0 aromatic rings. The van der Waals surface area contributed by atoms with Gasteiger partial charge >= 0.3 is 0 Å². The maximum absolute atomic E-state index is 12.9. The third-order valence-electron chi connectivity index (χ3n) is 8.17. The van der Waals surface area contributed by atoms with Gasteiger partial charge in [-0.1, -0.05) is 12.8 Å². The second-order valence-corrected chi connectivity index (χ2v) is 13.2. The Hall–Kier alpha value is -0.410. The van der Waals surface area contributed by atoms with Gasteiger partial charge in [0.05, 0.1) is 11.3 Å². The van der Waals surface area contributed by atoms with Crippen molar-refractivity contribution in [3.05, 3.63) is 0 Å². The number of nitrogens with zero attached hydrogens (tertiary/aromatic N) is 1. The van der Waals surface area contributed by atoms with Crippen LogP contribution in [0.25, 0.3) is 0 Å². The number of hydrogen-bond acceptors (Lipinski definition) is 5. The maximum Gasteiger partial charge on any atom is 0.237 e. The molecule has 0 bridgehead atoms. The van der Waals surface area contributed by atoms with E-state index >= 15 is 0 Å². The number of amides is 1. The van der Waals surface area contributed by atoms with Gasteiger partial charge in [0, 0.05) is 31.1 Å². The van der Waals surface area contributed by atoms with Crippen LogP contribution in [0.5, 0.6) is 0 Å². The van der Waals surface area contributed by atoms with Gasteiger partial charge in [0.25, 0.3) is 0 Å². The van der Waals surface area contributed by atoms with Crippen LogP contribution in [0.2, 0.25) is 0 Å². The monoisotopic (exact) mass is 488 g/mol. The molecule has 3 saturated heterocycles. The molecule has 0 aromatic carbocycles. The molecule has 9 heteroatoms. The van der Waals surface area contributed by atoms with Crippen LogP contribution in [0.15, 0.2) is 0 Å². The fourth-order valence-corrected chi connectivity index (χ4v) is 8.34. The quantitative estimate of drug-likeness (QED) is 0.360. The number of hydrogen-bond donors (Lipinski definition) is 3. The van der Waals surface area contributed by atoms with Crippen LogP contribution in [0.3, 0.4) is 0 Å². The molecule has 4 rings (SSSR count). The first kappa shape index (κ1) is 24.7. The fourth-order valence-electron chi connectivity index (χ4n) is 6.08. The number of rotatable bonds is 8. The van der Waals surface area contributed by atoms with Gasteiger partial charge in [-0.3, -0.25) is 4.79 Å². The number of fused-ring (bicyclic) bond motifs is 1. The predicted molar refractivity (Wildman–Crippen MR) is 128 cm³/mol. The molecule has 7 nitrogen and oxygen atoms in total. The Balaban J connectivity index is 1.08. The zero-order chi connectivity index (χ0) is 22.6. The van der Waals surface area contributed by atoms with Gasteiger partial charge in [0.1, 0.15) is 0 Å². The van der Waals surface area contributed by atoms with Gasteiger partial charge in [0.15, 0.2) is 0 Å². The van der Waals surface area contributed by atoms with E-state index in [4.69, 9.17) is 11.6 Å². The number of carbonyl (C=O) groups is 1. The van der Waals surface area contributed by atoms with Crippen LogP contribution in [0.4, 0.5) is 0 Å². The van der Waals surface area contributed by atoms with E-state index in [-0.39, 0.29) is 22.6 Å². The van der Waals surface area contributed by atoms with Crippen molar-refractivity contribution in [2.24, 2.45) is 11.8 Å². The number of nitrogens with one attached hydrogen (secondary N) is 3. The molecule has 3 aliphatic heterocycles. The Bertz CT molecular complexity index is 707. The molecule has 3 atom stereocenters. The average Bonchev–Trinajstić information content (AvgIpc) is 3.24. The highest BCUT2D eigenvalue weighted by atomic mass is 35.5. The summed E-state index contributed by atoms with van der Waals surface area (Å²) >= 11 is 6.15. The summed E-state index contributed by atoms with van der Waals surface area (Å²) in [4.78, 5) is 12.5. The highest BCUT2D eigenvalue weighted by Crippen LogP contribution is 2.32. The Morgan fingerprint density at radius 3 is 2.50 bits per heavy atom. The molecule has 0 radical (unpaired) electrons. The molecule has 1 aliphatic carbocycles. The molecule has 0 spiro atoms. The van der Waals surface area contributed by atoms with Crippen molar-refractivity contribution in [2.45, 2.75) is 93.3 Å². The first-order valence-corrected chi connectivity index (χ1v) is 14.7. The SMILES string of the molecule is O=C(NCCCCC1CCN(S(=O)(=O)C2CCC(Cl)CC2)CC1)C1CC2CNCCC2N1. The van der Waals surface area contributed by atoms with E-state index in [1.807, 2.05) is 0 Å². The van der Waals surface area contributed by atoms with Crippen molar-refractivity contribution >= 4 is 27.5 Å². The molecule has 4 aliphatic rings. The highest BCUT2D eigenvalue weighted by molar-refractivity contribution is 7.89. The lowest BCUT2D eigenvalue weighted by Gasteiger charge is -2.35. The van der Waals surface area contributed by atoms with Crippen molar-refractivity contribution in [1.29, 1.82) is 0 Å². The van der Waals surface area contributed by atoms with Crippen LogP contribution in [-0.4, -0.2) is 74.1 Å². The van der Waals surface area contributed by atoms with Crippen LogP contribution in [0.1, 0.15) is 70.6 Å². The number of carbonyl (C=O) groups excluding carboxylic acids is 1. The van der Waals surface area contributed by atoms with Crippen LogP contribution >= 0.6 is 11.6 Å². The van der Waals surface area contributed by atoms with Gasteiger partial charge in [-0.05, 0) is 82.7 Å². The summed E-state index contributed by atoms with van der Waals surface area (Å²) in [5.74, 6) is 1.34. The second kappa shape index (κ2) is 11.3. The summed E-state index contributed by atoms with van der Waals surface area (Å²) in [5.41, 5.74) is 0. The smallest absolute Gasteiger partial charge is 0.237 e. The minimum Gasteiger partial charge on any atom is -0.355 e. The van der Waals surface area contributed by atoms with E-state index in [1.165, 1.54) is 0 Å². The van der Waals surface area contributed by atoms with Crippen LogP contribution in [0, 0.1) is 11.8 Å². The number of unbranched alkanes of at least 4 members (excludes halogenated alkanes) is 1. The van der Waals surface area contributed by atoms with Crippen molar-refractivity contribution in [1.82, 2.24) is 20.3 Å². The molecule has 184 valence electrons. The molecule has 4 fully saturated rings. The van der Waals surface area contributed by atoms with Gasteiger partial charge < -0.3 is 16.0 Å². The Kier molecular flexibility index (Phi) is 8.76. The molecule has 32 heavy (non-hydrogen) atoms. The van der Waals surface area contributed by atoms with E-state index in [0.29, 0.717) is 43.8 Å². The minimum absolute atomic E-state index is 0.0318. The Morgan fingerprint density at radius 2 is 1.78 bits per heavy atom. The summed E-state index contributed by atoms with van der Waals surface area (Å²) < 4.78 is 27.6. The van der Waals surface area contributed by atoms with Crippen molar-refractivity contribution in [2.75, 3.05) is 32.7 Å². The van der Waals surface area contributed by atoms with E-state index in [1.54, 1.807) is 4.31 Å². The largest absolute Gasteiger partial charge is 0.355 e. The summed E-state index contributed by atoms with van der Waals surface area (Å²) in [6, 6.07) is 0.465. The third-order valence-corrected chi connectivity index (χ3v) is 11.0. The standard InChI is InChI=1S/C23H41ClN4O3S/c24-19-4-6-20(7-5-19)32(30,31)28-13-9-17(10-14-28)3-1-2-11-26-23(29)22-15-18-16-25-12-8-21(18)27-22/h17-22,25,27H,1-16H2,(H,26,29). The van der Waals surface area contributed by atoms with Crippen LogP contribution < -0.4 is 16.0 Å². The number of halogens is 1. The molecule has 1 saturated carbocycles. The number of alkyl halides is 1. The molecular weight excluding hydrogens is 448 g/mol. The maximum atomic E-state index is 12.9. The lowest BCUT2D eigenvalue weighted by atomic mass is 9.92. The summed E-state index contributed by atoms with van der Waals surface area (Å²) in [6.45, 7) is 4.13. The van der Waals surface area contributed by atoms with Crippen LogP contribution in [-0.2, 0) is 14.8 Å². The van der Waals surface area contributed by atoms with Crippen molar-refractivity contribution in [3.63, 3.8) is 0 Å². The fraction of sp³-hybridized carbons (Fsp3) is 0.957. The van der Waals surface area contributed by atoms with Crippen molar-refractivity contribution in [3.8, 4) is 0 Å². The minimum atomic E-state index is -3.17. The molecular formula is C23H41ClN4O3S. The third kappa shape index (κ3) is 6.17. The Labute approximate surface area is 198 Å².